The van der Waals surface area contributed by atoms with Crippen LogP contribution in [0, 0.1) is 11.3 Å². The van der Waals surface area contributed by atoms with Gasteiger partial charge in [0, 0.05) is 36.9 Å². The summed E-state index contributed by atoms with van der Waals surface area (Å²) in [7, 11) is 0. The van der Waals surface area contributed by atoms with E-state index in [2.05, 4.69) is 38.4 Å². The van der Waals surface area contributed by atoms with Crippen LogP contribution in [0.5, 0.6) is 0 Å². The lowest BCUT2D eigenvalue weighted by Crippen LogP contribution is -2.18. The highest BCUT2D eigenvalue weighted by Crippen LogP contribution is 2.24. The number of aromatic nitrogens is 2. The number of hydrogen-bond donors (Lipinski definition) is 1. The maximum Gasteiger partial charge on any atom is 0.143 e. The molecule has 0 saturated carbocycles. The van der Waals surface area contributed by atoms with E-state index in [4.69, 9.17) is 0 Å². The van der Waals surface area contributed by atoms with Crippen LogP contribution in [0.15, 0.2) is 48.7 Å². The van der Waals surface area contributed by atoms with Crippen LogP contribution >= 0.6 is 0 Å². The highest BCUT2D eigenvalue weighted by Gasteiger charge is 2.13. The van der Waals surface area contributed by atoms with Gasteiger partial charge in [-0.25, -0.2) is 9.97 Å². The molecule has 124 valence electrons. The maximum atomic E-state index is 9.19. The monoisotopic (exact) mass is 329 g/mol. The number of para-hydroxylation sites is 1. The number of anilines is 2. The standard InChI is InChI=1S/C20H19N5/c21-12-16-11-19(17-5-1-2-6-18(17)24-16)22-13-15-7-8-20(23-14-15)25-9-3-4-10-25/h1-2,5-8,11,14H,3-4,9-10,13H2,(H,22,24). The van der Waals surface area contributed by atoms with Crippen molar-refractivity contribution < 1.29 is 0 Å². The Balaban J connectivity index is 1.53. The summed E-state index contributed by atoms with van der Waals surface area (Å²) in [4.78, 5) is 11.3. The van der Waals surface area contributed by atoms with Crippen molar-refractivity contribution in [3.05, 3.63) is 59.9 Å². The van der Waals surface area contributed by atoms with E-state index in [1.807, 2.05) is 30.5 Å². The van der Waals surface area contributed by atoms with Crippen LogP contribution in [-0.2, 0) is 6.54 Å². The molecule has 0 unspecified atom stereocenters. The number of benzene rings is 1. The molecule has 1 saturated heterocycles. The van der Waals surface area contributed by atoms with Crippen LogP contribution in [0.25, 0.3) is 10.9 Å². The third-order valence-electron chi connectivity index (χ3n) is 4.55. The molecule has 0 radical (unpaired) electrons. The average molecular weight is 329 g/mol. The molecule has 0 aliphatic carbocycles. The molecule has 2 aromatic heterocycles. The smallest absolute Gasteiger partial charge is 0.143 e. The van der Waals surface area contributed by atoms with E-state index in [1.54, 1.807) is 6.07 Å². The third-order valence-corrected chi connectivity index (χ3v) is 4.55. The molecule has 3 aromatic rings. The van der Waals surface area contributed by atoms with Gasteiger partial charge < -0.3 is 10.2 Å². The predicted octanol–water partition coefficient (Wildman–Crippen LogP) is 3.71. The van der Waals surface area contributed by atoms with Crippen LogP contribution in [0.1, 0.15) is 24.1 Å². The van der Waals surface area contributed by atoms with Crippen LogP contribution in [0.3, 0.4) is 0 Å². The Morgan fingerprint density at radius 1 is 1.12 bits per heavy atom. The van der Waals surface area contributed by atoms with Gasteiger partial charge in [-0.3, -0.25) is 0 Å². The Bertz CT molecular complexity index is 921. The zero-order valence-corrected chi connectivity index (χ0v) is 13.9. The summed E-state index contributed by atoms with van der Waals surface area (Å²) in [6, 6.07) is 16.0. The first-order valence-corrected chi connectivity index (χ1v) is 8.57. The molecule has 0 spiro atoms. The lowest BCUT2D eigenvalue weighted by molar-refractivity contribution is 0.932. The van der Waals surface area contributed by atoms with Gasteiger partial charge in [-0.15, -0.1) is 0 Å². The van der Waals surface area contributed by atoms with E-state index in [0.717, 1.165) is 41.1 Å². The molecule has 25 heavy (non-hydrogen) atoms. The van der Waals surface area contributed by atoms with Crippen LogP contribution in [0.4, 0.5) is 11.5 Å². The van der Waals surface area contributed by atoms with Crippen molar-refractivity contribution in [1.29, 1.82) is 5.26 Å². The van der Waals surface area contributed by atoms with Gasteiger partial charge in [0.2, 0.25) is 0 Å². The lowest BCUT2D eigenvalue weighted by Gasteiger charge is -2.16. The molecule has 0 bridgehead atoms. The largest absolute Gasteiger partial charge is 0.380 e. The number of nitriles is 1. The van der Waals surface area contributed by atoms with Gasteiger partial charge in [0.05, 0.1) is 5.52 Å². The Kier molecular flexibility index (Phi) is 4.17. The van der Waals surface area contributed by atoms with Crippen molar-refractivity contribution in [2.45, 2.75) is 19.4 Å². The summed E-state index contributed by atoms with van der Waals surface area (Å²) >= 11 is 0. The van der Waals surface area contributed by atoms with Crippen LogP contribution in [0.2, 0.25) is 0 Å². The second-order valence-electron chi connectivity index (χ2n) is 6.26. The minimum absolute atomic E-state index is 0.420. The van der Waals surface area contributed by atoms with Crippen molar-refractivity contribution in [2.75, 3.05) is 23.3 Å². The predicted molar refractivity (Wildman–Crippen MR) is 99.5 cm³/mol. The van der Waals surface area contributed by atoms with Crippen molar-refractivity contribution in [3.63, 3.8) is 0 Å². The molecule has 1 aromatic carbocycles. The molecule has 0 amide bonds. The summed E-state index contributed by atoms with van der Waals surface area (Å²) < 4.78 is 0. The molecule has 1 fully saturated rings. The first-order valence-electron chi connectivity index (χ1n) is 8.57. The zero-order chi connectivity index (χ0) is 17.1. The van der Waals surface area contributed by atoms with Gasteiger partial charge in [0.1, 0.15) is 17.6 Å². The Morgan fingerprint density at radius 2 is 1.96 bits per heavy atom. The van der Waals surface area contributed by atoms with Crippen molar-refractivity contribution >= 4 is 22.4 Å². The lowest BCUT2D eigenvalue weighted by atomic mass is 10.1. The van der Waals surface area contributed by atoms with E-state index in [-0.39, 0.29) is 0 Å². The normalized spacial score (nSPS) is 13.8. The second-order valence-corrected chi connectivity index (χ2v) is 6.26. The molecule has 5 nitrogen and oxygen atoms in total. The van der Waals surface area contributed by atoms with Gasteiger partial charge in [0.15, 0.2) is 0 Å². The summed E-state index contributed by atoms with van der Waals surface area (Å²) in [6.07, 6.45) is 4.43. The molecular formula is C20H19N5. The minimum Gasteiger partial charge on any atom is -0.380 e. The summed E-state index contributed by atoms with van der Waals surface area (Å²) in [6.45, 7) is 2.86. The van der Waals surface area contributed by atoms with Crippen molar-refractivity contribution in [2.24, 2.45) is 0 Å². The number of fused-ring (bicyclic) bond motifs is 1. The number of hydrogen-bond acceptors (Lipinski definition) is 5. The first kappa shape index (κ1) is 15.4. The first-order chi connectivity index (χ1) is 12.3. The summed E-state index contributed by atoms with van der Waals surface area (Å²) in [5.74, 6) is 1.06. The van der Waals surface area contributed by atoms with Gasteiger partial charge in [-0.05, 0) is 36.6 Å². The molecule has 1 N–H and O–H groups in total. The fourth-order valence-corrected chi connectivity index (χ4v) is 3.23. The SMILES string of the molecule is N#Cc1cc(NCc2ccc(N3CCCC3)nc2)c2ccccc2n1. The third kappa shape index (κ3) is 3.24. The zero-order valence-electron chi connectivity index (χ0n) is 13.9. The number of nitrogens with zero attached hydrogens (tertiary/aromatic N) is 4. The highest BCUT2D eigenvalue weighted by atomic mass is 15.2. The molecule has 5 heteroatoms. The molecule has 4 rings (SSSR count). The Labute approximate surface area is 146 Å². The van der Waals surface area contributed by atoms with E-state index in [9.17, 15) is 5.26 Å². The second kappa shape index (κ2) is 6.78. The topological polar surface area (TPSA) is 64.8 Å². The van der Waals surface area contributed by atoms with Gasteiger partial charge in [0.25, 0.3) is 0 Å². The van der Waals surface area contributed by atoms with Gasteiger partial charge in [-0.2, -0.15) is 5.26 Å². The number of pyridine rings is 2. The van der Waals surface area contributed by atoms with Gasteiger partial charge >= 0.3 is 0 Å². The van der Waals surface area contributed by atoms with E-state index in [0.29, 0.717) is 12.2 Å². The maximum absolute atomic E-state index is 9.19. The van der Waals surface area contributed by atoms with E-state index < -0.39 is 0 Å². The molecule has 3 heterocycles. The number of nitrogens with one attached hydrogen (secondary N) is 1. The Morgan fingerprint density at radius 3 is 2.72 bits per heavy atom. The minimum atomic E-state index is 0.420. The van der Waals surface area contributed by atoms with Crippen molar-refractivity contribution in [3.8, 4) is 6.07 Å². The quantitative estimate of drug-likeness (QED) is 0.790. The molecular weight excluding hydrogens is 310 g/mol. The highest BCUT2D eigenvalue weighted by molar-refractivity contribution is 5.91. The van der Waals surface area contributed by atoms with Crippen molar-refractivity contribution in [1.82, 2.24) is 9.97 Å². The number of rotatable bonds is 4. The molecule has 1 aliphatic rings. The molecule has 0 atom stereocenters. The van der Waals surface area contributed by atoms with Crippen LogP contribution < -0.4 is 10.2 Å². The summed E-state index contributed by atoms with van der Waals surface area (Å²) in [5, 5.41) is 13.6. The summed E-state index contributed by atoms with van der Waals surface area (Å²) in [5.41, 5.74) is 3.28. The van der Waals surface area contributed by atoms with Gasteiger partial charge in [-0.1, -0.05) is 24.3 Å². The average Bonchev–Trinajstić information content (AvgIpc) is 3.21. The van der Waals surface area contributed by atoms with Crippen LogP contribution in [-0.4, -0.2) is 23.1 Å². The Hall–Kier alpha value is -3.13. The van der Waals surface area contributed by atoms with E-state index >= 15 is 0 Å². The fraction of sp³-hybridized carbons (Fsp3) is 0.250. The van der Waals surface area contributed by atoms with E-state index in [1.165, 1.54) is 12.8 Å². The fourth-order valence-electron chi connectivity index (χ4n) is 3.23. The molecule has 1 aliphatic heterocycles.